The second-order valence-electron chi connectivity index (χ2n) is 4.90. The summed E-state index contributed by atoms with van der Waals surface area (Å²) in [5, 5.41) is 3.45. The average molecular weight is 271 g/mol. The summed E-state index contributed by atoms with van der Waals surface area (Å²) in [6, 6.07) is 6.13. The highest BCUT2D eigenvalue weighted by Crippen LogP contribution is 2.24. The van der Waals surface area contributed by atoms with Crippen molar-refractivity contribution in [3.8, 4) is 5.75 Å². The number of hydrogen-bond donors (Lipinski definition) is 1. The third-order valence-corrected chi connectivity index (χ3v) is 3.46. The largest absolute Gasteiger partial charge is 0.496 e. The third-order valence-electron chi connectivity index (χ3n) is 3.46. The summed E-state index contributed by atoms with van der Waals surface area (Å²) in [4.78, 5) is 8.84. The highest BCUT2D eigenvalue weighted by molar-refractivity contribution is 5.41. The van der Waals surface area contributed by atoms with Crippen LogP contribution in [0.2, 0.25) is 0 Å². The van der Waals surface area contributed by atoms with Gasteiger partial charge in [0, 0.05) is 36.1 Å². The maximum atomic E-state index is 5.43. The van der Waals surface area contributed by atoms with E-state index in [4.69, 9.17) is 4.74 Å². The monoisotopic (exact) mass is 271 g/mol. The molecule has 1 atom stereocenters. The fraction of sp³-hybridized carbons (Fsp3) is 0.375. The predicted octanol–water partition coefficient (Wildman–Crippen LogP) is 2.95. The number of pyridine rings is 2. The van der Waals surface area contributed by atoms with Crippen LogP contribution in [0.1, 0.15) is 35.5 Å². The number of methoxy groups -OCH3 is 1. The molecule has 2 rings (SSSR count). The minimum atomic E-state index is 0.185. The van der Waals surface area contributed by atoms with E-state index in [1.807, 2.05) is 44.4 Å². The van der Waals surface area contributed by atoms with E-state index in [0.717, 1.165) is 28.3 Å². The van der Waals surface area contributed by atoms with Crippen molar-refractivity contribution in [1.82, 2.24) is 15.3 Å². The van der Waals surface area contributed by atoms with Crippen molar-refractivity contribution in [3.05, 3.63) is 53.1 Å². The van der Waals surface area contributed by atoms with Gasteiger partial charge >= 0.3 is 0 Å². The molecule has 0 aromatic carbocycles. The Labute approximate surface area is 120 Å². The first-order valence-electron chi connectivity index (χ1n) is 6.77. The van der Waals surface area contributed by atoms with Gasteiger partial charge in [0.15, 0.2) is 0 Å². The lowest BCUT2D eigenvalue weighted by Crippen LogP contribution is -2.20. The molecule has 0 aliphatic rings. The molecule has 2 aromatic heterocycles. The molecule has 0 bridgehead atoms. The molecule has 20 heavy (non-hydrogen) atoms. The van der Waals surface area contributed by atoms with Crippen molar-refractivity contribution in [2.45, 2.75) is 33.4 Å². The van der Waals surface area contributed by atoms with Crippen molar-refractivity contribution < 1.29 is 4.74 Å². The molecule has 0 spiro atoms. The predicted molar refractivity (Wildman–Crippen MR) is 79.8 cm³/mol. The minimum Gasteiger partial charge on any atom is -0.496 e. The summed E-state index contributed by atoms with van der Waals surface area (Å²) >= 11 is 0. The molecule has 2 heterocycles. The van der Waals surface area contributed by atoms with Gasteiger partial charge in [0.1, 0.15) is 5.75 Å². The van der Waals surface area contributed by atoms with E-state index in [2.05, 4.69) is 22.2 Å². The minimum absolute atomic E-state index is 0.185. The molecular weight excluding hydrogens is 250 g/mol. The first kappa shape index (κ1) is 14.5. The fourth-order valence-electron chi connectivity index (χ4n) is 2.24. The molecule has 0 fully saturated rings. The summed E-state index contributed by atoms with van der Waals surface area (Å²) in [5.74, 6) is 0.919. The first-order valence-corrected chi connectivity index (χ1v) is 6.77. The van der Waals surface area contributed by atoms with Crippen molar-refractivity contribution in [1.29, 1.82) is 0 Å². The van der Waals surface area contributed by atoms with Gasteiger partial charge in [-0.25, -0.2) is 0 Å². The third kappa shape index (κ3) is 3.14. The second kappa shape index (κ2) is 6.48. The van der Waals surface area contributed by atoms with Gasteiger partial charge in [0.05, 0.1) is 18.5 Å². The average Bonchev–Trinajstić information content (AvgIpc) is 2.47. The molecule has 106 valence electrons. The quantitative estimate of drug-likeness (QED) is 0.908. The van der Waals surface area contributed by atoms with E-state index < -0.39 is 0 Å². The number of nitrogens with zero attached hydrogens (tertiary/aromatic N) is 2. The van der Waals surface area contributed by atoms with Gasteiger partial charge in [-0.05, 0) is 32.9 Å². The van der Waals surface area contributed by atoms with Gasteiger partial charge in [-0.15, -0.1) is 0 Å². The van der Waals surface area contributed by atoms with Crippen LogP contribution in [0, 0.1) is 13.8 Å². The van der Waals surface area contributed by atoms with E-state index in [0.29, 0.717) is 6.54 Å². The fourth-order valence-corrected chi connectivity index (χ4v) is 2.24. The highest BCUT2D eigenvalue weighted by Gasteiger charge is 2.11. The van der Waals surface area contributed by atoms with E-state index >= 15 is 0 Å². The highest BCUT2D eigenvalue weighted by atomic mass is 16.5. The molecule has 0 radical (unpaired) electrons. The molecule has 0 aliphatic carbocycles. The molecule has 0 saturated carbocycles. The summed E-state index contributed by atoms with van der Waals surface area (Å²) in [6.45, 7) is 6.84. The van der Waals surface area contributed by atoms with E-state index in [1.54, 1.807) is 7.11 Å². The molecule has 2 aromatic rings. The lowest BCUT2D eigenvalue weighted by molar-refractivity contribution is 0.406. The summed E-state index contributed by atoms with van der Waals surface area (Å²) in [7, 11) is 1.70. The number of aromatic nitrogens is 2. The van der Waals surface area contributed by atoms with Crippen LogP contribution in [0.15, 0.2) is 30.6 Å². The zero-order chi connectivity index (χ0) is 14.5. The molecule has 0 aliphatic heterocycles. The van der Waals surface area contributed by atoms with Gasteiger partial charge in [0.2, 0.25) is 0 Å². The number of aryl methyl sites for hydroxylation is 1. The van der Waals surface area contributed by atoms with E-state index in [1.165, 1.54) is 0 Å². The Hall–Kier alpha value is -1.94. The Morgan fingerprint density at radius 3 is 2.70 bits per heavy atom. The standard InChI is InChI=1S/C16H21N3O/c1-11-9-19-15(12(2)16(11)20-4)10-18-13(3)14-7-5-6-8-17-14/h5-9,13,18H,10H2,1-4H3/t13-/m1/s1. The number of rotatable bonds is 5. The second-order valence-corrected chi connectivity index (χ2v) is 4.90. The lowest BCUT2D eigenvalue weighted by Gasteiger charge is -2.16. The number of hydrogen-bond acceptors (Lipinski definition) is 4. The van der Waals surface area contributed by atoms with Crippen LogP contribution in [0.4, 0.5) is 0 Å². The van der Waals surface area contributed by atoms with Gasteiger partial charge < -0.3 is 10.1 Å². The van der Waals surface area contributed by atoms with Gasteiger partial charge in [-0.3, -0.25) is 9.97 Å². The van der Waals surface area contributed by atoms with Gasteiger partial charge in [-0.2, -0.15) is 0 Å². The molecule has 0 saturated heterocycles. The SMILES string of the molecule is COc1c(C)cnc(CN[C@H](C)c2ccccn2)c1C. The van der Waals surface area contributed by atoms with E-state index in [9.17, 15) is 0 Å². The topological polar surface area (TPSA) is 47.0 Å². The van der Waals surface area contributed by atoms with Crippen molar-refractivity contribution in [2.24, 2.45) is 0 Å². The van der Waals surface area contributed by atoms with Crippen LogP contribution in [0.25, 0.3) is 0 Å². The summed E-state index contributed by atoms with van der Waals surface area (Å²) < 4.78 is 5.43. The normalized spacial score (nSPS) is 12.2. The van der Waals surface area contributed by atoms with Crippen molar-refractivity contribution in [3.63, 3.8) is 0 Å². The summed E-state index contributed by atoms with van der Waals surface area (Å²) in [5.41, 5.74) is 4.19. The van der Waals surface area contributed by atoms with E-state index in [-0.39, 0.29) is 6.04 Å². The van der Waals surface area contributed by atoms with Crippen LogP contribution in [-0.2, 0) is 6.54 Å². The smallest absolute Gasteiger partial charge is 0.128 e. The zero-order valence-corrected chi connectivity index (χ0v) is 12.5. The Kier molecular flexibility index (Phi) is 4.69. The maximum Gasteiger partial charge on any atom is 0.128 e. The molecule has 0 amide bonds. The number of nitrogens with one attached hydrogen (secondary N) is 1. The Morgan fingerprint density at radius 1 is 1.25 bits per heavy atom. The Balaban J connectivity index is 2.08. The first-order chi connectivity index (χ1) is 9.63. The van der Waals surface area contributed by atoms with Gasteiger partial charge in [0.25, 0.3) is 0 Å². The van der Waals surface area contributed by atoms with Crippen LogP contribution in [-0.4, -0.2) is 17.1 Å². The van der Waals surface area contributed by atoms with Crippen LogP contribution < -0.4 is 10.1 Å². The molecule has 0 unspecified atom stereocenters. The van der Waals surface area contributed by atoms with Crippen LogP contribution in [0.3, 0.4) is 0 Å². The van der Waals surface area contributed by atoms with Crippen LogP contribution >= 0.6 is 0 Å². The lowest BCUT2D eigenvalue weighted by atomic mass is 10.1. The molecule has 4 heteroatoms. The molecule has 1 N–H and O–H groups in total. The molecule has 4 nitrogen and oxygen atoms in total. The zero-order valence-electron chi connectivity index (χ0n) is 12.5. The Bertz CT molecular complexity index is 569. The summed E-state index contributed by atoms with van der Waals surface area (Å²) in [6.07, 6.45) is 3.67. The maximum absolute atomic E-state index is 5.43. The van der Waals surface area contributed by atoms with Crippen LogP contribution in [0.5, 0.6) is 5.75 Å². The Morgan fingerprint density at radius 2 is 2.05 bits per heavy atom. The van der Waals surface area contributed by atoms with Crippen molar-refractivity contribution >= 4 is 0 Å². The number of ether oxygens (including phenoxy) is 1. The van der Waals surface area contributed by atoms with Crippen molar-refractivity contribution in [2.75, 3.05) is 7.11 Å². The van der Waals surface area contributed by atoms with Gasteiger partial charge in [-0.1, -0.05) is 6.07 Å². The molecular formula is C16H21N3O.